The predicted octanol–water partition coefficient (Wildman–Crippen LogP) is 0.878. The maximum atomic E-state index is 12.0. The Kier molecular flexibility index (Phi) is 5.56. The Morgan fingerprint density at radius 3 is 2.30 bits per heavy atom. The Balaban J connectivity index is 1.73. The highest BCUT2D eigenvalue weighted by Gasteiger charge is 2.26. The van der Waals surface area contributed by atoms with Crippen molar-refractivity contribution in [3.8, 4) is 5.75 Å². The highest BCUT2D eigenvalue weighted by molar-refractivity contribution is 5.92. The predicted molar refractivity (Wildman–Crippen MR) is 82.0 cm³/mol. The lowest BCUT2D eigenvalue weighted by Gasteiger charge is -2.30. The minimum absolute atomic E-state index is 0.0393. The van der Waals surface area contributed by atoms with E-state index in [4.69, 9.17) is 15.6 Å². The number of likely N-dealkylation sites (tertiary alicyclic amines) is 1. The maximum absolute atomic E-state index is 12.0. The van der Waals surface area contributed by atoms with Gasteiger partial charge >= 0.3 is 5.97 Å². The number of nitrogens with zero attached hydrogens (tertiary/aromatic N) is 1. The van der Waals surface area contributed by atoms with Gasteiger partial charge in [-0.3, -0.25) is 14.4 Å². The molecule has 1 aliphatic heterocycles. The topological polar surface area (TPSA) is 110 Å². The molecule has 1 heterocycles. The summed E-state index contributed by atoms with van der Waals surface area (Å²) in [6.45, 7) is 1.18. The minimum atomic E-state index is -0.792. The monoisotopic (exact) mass is 320 g/mol. The lowest BCUT2D eigenvalue weighted by Crippen LogP contribution is -2.40. The highest BCUT2D eigenvalue weighted by Crippen LogP contribution is 2.18. The molecule has 1 aromatic carbocycles. The average molecular weight is 320 g/mol. The molecule has 0 spiro atoms. The van der Waals surface area contributed by atoms with E-state index in [1.54, 1.807) is 29.2 Å². The Labute approximate surface area is 134 Å². The van der Waals surface area contributed by atoms with E-state index in [1.807, 2.05) is 0 Å². The Morgan fingerprint density at radius 2 is 1.78 bits per heavy atom. The second-order valence-corrected chi connectivity index (χ2v) is 5.48. The normalized spacial score (nSPS) is 15.2. The van der Waals surface area contributed by atoms with E-state index in [9.17, 15) is 14.4 Å². The molecule has 7 nitrogen and oxygen atoms in total. The maximum Gasteiger partial charge on any atom is 0.306 e. The largest absolute Gasteiger partial charge is 0.493 e. The smallest absolute Gasteiger partial charge is 0.306 e. The van der Waals surface area contributed by atoms with Crippen LogP contribution in [0.15, 0.2) is 24.3 Å². The van der Waals surface area contributed by atoms with Crippen LogP contribution in [0, 0.1) is 5.92 Å². The zero-order valence-electron chi connectivity index (χ0n) is 12.7. The standard InChI is InChI=1S/C16H20N2O5/c17-15(20)11-1-3-13(4-2-11)23-10-7-14(19)18-8-5-12(6-9-18)16(21)22/h1-4,12H,5-10H2,(H2,17,20)(H,21,22). The molecule has 0 bridgehead atoms. The molecule has 7 heteroatoms. The summed E-state index contributed by atoms with van der Waals surface area (Å²) >= 11 is 0. The fourth-order valence-electron chi connectivity index (χ4n) is 2.51. The summed E-state index contributed by atoms with van der Waals surface area (Å²) in [5.41, 5.74) is 5.55. The summed E-state index contributed by atoms with van der Waals surface area (Å²) < 4.78 is 5.47. The molecule has 1 fully saturated rings. The minimum Gasteiger partial charge on any atom is -0.493 e. The van der Waals surface area contributed by atoms with Crippen LogP contribution in [0.3, 0.4) is 0 Å². The molecule has 2 rings (SSSR count). The third kappa shape index (κ3) is 4.70. The first kappa shape index (κ1) is 16.8. The number of carboxylic acids is 1. The number of carbonyl (C=O) groups excluding carboxylic acids is 2. The van der Waals surface area contributed by atoms with Gasteiger partial charge in [0.25, 0.3) is 0 Å². The molecule has 0 aliphatic carbocycles. The Morgan fingerprint density at radius 1 is 1.17 bits per heavy atom. The SMILES string of the molecule is NC(=O)c1ccc(OCCC(=O)N2CCC(C(=O)O)CC2)cc1. The molecule has 0 atom stereocenters. The second kappa shape index (κ2) is 7.62. The lowest BCUT2D eigenvalue weighted by atomic mass is 9.97. The van der Waals surface area contributed by atoms with Gasteiger partial charge < -0.3 is 20.5 Å². The number of carboxylic acid groups (broad SMARTS) is 1. The molecule has 0 aromatic heterocycles. The molecule has 124 valence electrons. The van der Waals surface area contributed by atoms with Crippen molar-refractivity contribution in [1.82, 2.24) is 4.90 Å². The number of benzene rings is 1. The molecule has 23 heavy (non-hydrogen) atoms. The van der Waals surface area contributed by atoms with E-state index in [1.165, 1.54) is 0 Å². The van der Waals surface area contributed by atoms with Crippen molar-refractivity contribution in [2.45, 2.75) is 19.3 Å². The zero-order valence-corrected chi connectivity index (χ0v) is 12.7. The van der Waals surface area contributed by atoms with E-state index in [-0.39, 0.29) is 24.9 Å². The van der Waals surface area contributed by atoms with Gasteiger partial charge in [0, 0.05) is 18.7 Å². The van der Waals surface area contributed by atoms with Crippen molar-refractivity contribution >= 4 is 17.8 Å². The number of hydrogen-bond donors (Lipinski definition) is 2. The summed E-state index contributed by atoms with van der Waals surface area (Å²) in [6.07, 6.45) is 1.22. The van der Waals surface area contributed by atoms with E-state index in [0.29, 0.717) is 37.2 Å². The van der Waals surface area contributed by atoms with Crippen molar-refractivity contribution in [3.63, 3.8) is 0 Å². The van der Waals surface area contributed by atoms with Crippen molar-refractivity contribution < 1.29 is 24.2 Å². The number of primary amides is 1. The van der Waals surface area contributed by atoms with Gasteiger partial charge in [0.1, 0.15) is 5.75 Å². The van der Waals surface area contributed by atoms with Gasteiger partial charge in [-0.25, -0.2) is 0 Å². The molecule has 3 N–H and O–H groups in total. The van der Waals surface area contributed by atoms with Crippen LogP contribution in [0.4, 0.5) is 0 Å². The van der Waals surface area contributed by atoms with Gasteiger partial charge in [-0.05, 0) is 37.1 Å². The number of carbonyl (C=O) groups is 3. The van der Waals surface area contributed by atoms with Crippen LogP contribution < -0.4 is 10.5 Å². The molecule has 2 amide bonds. The first-order valence-electron chi connectivity index (χ1n) is 7.50. The number of hydrogen-bond acceptors (Lipinski definition) is 4. The number of aliphatic carboxylic acids is 1. The summed E-state index contributed by atoms with van der Waals surface area (Å²) in [7, 11) is 0. The number of ether oxygens (including phenoxy) is 1. The Hall–Kier alpha value is -2.57. The highest BCUT2D eigenvalue weighted by atomic mass is 16.5. The van der Waals surface area contributed by atoms with Gasteiger partial charge in [0.05, 0.1) is 18.9 Å². The quantitative estimate of drug-likeness (QED) is 0.808. The van der Waals surface area contributed by atoms with E-state index in [0.717, 1.165) is 0 Å². The van der Waals surface area contributed by atoms with Crippen molar-refractivity contribution in [1.29, 1.82) is 0 Å². The van der Waals surface area contributed by atoms with Crippen molar-refractivity contribution in [3.05, 3.63) is 29.8 Å². The van der Waals surface area contributed by atoms with Crippen LogP contribution in [-0.2, 0) is 9.59 Å². The number of rotatable bonds is 6. The summed E-state index contributed by atoms with van der Waals surface area (Å²) in [6, 6.07) is 6.39. The fourth-order valence-corrected chi connectivity index (χ4v) is 2.51. The second-order valence-electron chi connectivity index (χ2n) is 5.48. The molecular formula is C16H20N2O5. The Bertz CT molecular complexity index is 577. The van der Waals surface area contributed by atoms with Gasteiger partial charge in [-0.1, -0.05) is 0 Å². The molecule has 0 saturated carbocycles. The van der Waals surface area contributed by atoms with E-state index >= 15 is 0 Å². The first-order valence-corrected chi connectivity index (χ1v) is 7.50. The van der Waals surface area contributed by atoms with Gasteiger partial charge in [0.2, 0.25) is 11.8 Å². The van der Waals surface area contributed by atoms with Crippen LogP contribution in [0.1, 0.15) is 29.6 Å². The van der Waals surface area contributed by atoms with Gasteiger partial charge in [-0.2, -0.15) is 0 Å². The van der Waals surface area contributed by atoms with Crippen LogP contribution in [-0.4, -0.2) is 47.5 Å². The summed E-state index contributed by atoms with van der Waals surface area (Å²) in [5.74, 6) is -1.12. The third-order valence-electron chi connectivity index (χ3n) is 3.92. The molecule has 1 aliphatic rings. The molecule has 1 aromatic rings. The molecule has 0 unspecified atom stereocenters. The number of amides is 2. The van der Waals surface area contributed by atoms with Crippen LogP contribution in [0.2, 0.25) is 0 Å². The van der Waals surface area contributed by atoms with Gasteiger partial charge in [0.15, 0.2) is 0 Å². The summed E-state index contributed by atoms with van der Waals surface area (Å²) in [5, 5.41) is 8.93. The third-order valence-corrected chi connectivity index (χ3v) is 3.92. The summed E-state index contributed by atoms with van der Waals surface area (Å²) in [4.78, 5) is 35.5. The van der Waals surface area contributed by atoms with Crippen molar-refractivity contribution in [2.75, 3.05) is 19.7 Å². The fraction of sp³-hybridized carbons (Fsp3) is 0.438. The van der Waals surface area contributed by atoms with Crippen LogP contribution in [0.5, 0.6) is 5.75 Å². The van der Waals surface area contributed by atoms with E-state index < -0.39 is 11.9 Å². The molecule has 1 saturated heterocycles. The molecule has 0 radical (unpaired) electrons. The van der Waals surface area contributed by atoms with Crippen LogP contribution >= 0.6 is 0 Å². The number of piperidine rings is 1. The molecular weight excluding hydrogens is 300 g/mol. The van der Waals surface area contributed by atoms with E-state index in [2.05, 4.69) is 0 Å². The first-order chi connectivity index (χ1) is 11.0. The number of nitrogens with two attached hydrogens (primary N) is 1. The van der Waals surface area contributed by atoms with Gasteiger partial charge in [-0.15, -0.1) is 0 Å². The van der Waals surface area contributed by atoms with Crippen molar-refractivity contribution in [2.24, 2.45) is 11.7 Å². The lowest BCUT2D eigenvalue weighted by molar-refractivity contribution is -0.145. The zero-order chi connectivity index (χ0) is 16.8. The average Bonchev–Trinajstić information content (AvgIpc) is 2.55. The van der Waals surface area contributed by atoms with Crippen LogP contribution in [0.25, 0.3) is 0 Å².